The summed E-state index contributed by atoms with van der Waals surface area (Å²) in [6.45, 7) is 11.2. The lowest BCUT2D eigenvalue weighted by molar-refractivity contribution is 0.0914. The number of likely N-dealkylation sites (N-methyl/N-ethyl adjacent to an activating group) is 1. The molecule has 2 nitrogen and oxygen atoms in total. The van der Waals surface area contributed by atoms with Crippen LogP contribution in [0.5, 0.6) is 0 Å². The topological polar surface area (TPSA) is 29.3 Å². The first-order valence-electron chi connectivity index (χ1n) is 7.40. The van der Waals surface area contributed by atoms with Gasteiger partial charge in [0.1, 0.15) is 0 Å². The summed E-state index contributed by atoms with van der Waals surface area (Å²) in [7, 11) is 2.18. The van der Waals surface area contributed by atoms with Crippen molar-refractivity contribution >= 4 is 0 Å². The summed E-state index contributed by atoms with van der Waals surface area (Å²) in [4.78, 5) is 2.39. The standard InChI is InChI=1S/C17H30N2/c1-7-14-9-11-15(12-10-14)16(18)13(3)19(6)17(4,5)8-2/h9-13,16H,7-8,18H2,1-6H3. The lowest BCUT2D eigenvalue weighted by atomic mass is 9.93. The minimum atomic E-state index is 0.0572. The molecule has 19 heavy (non-hydrogen) atoms. The molecule has 0 fully saturated rings. The van der Waals surface area contributed by atoms with Gasteiger partial charge in [0.2, 0.25) is 0 Å². The van der Waals surface area contributed by atoms with Crippen LogP contribution in [0.4, 0.5) is 0 Å². The van der Waals surface area contributed by atoms with Gasteiger partial charge >= 0.3 is 0 Å². The van der Waals surface area contributed by atoms with Gasteiger partial charge in [-0.05, 0) is 51.8 Å². The highest BCUT2D eigenvalue weighted by molar-refractivity contribution is 5.25. The van der Waals surface area contributed by atoms with Crippen LogP contribution in [0.2, 0.25) is 0 Å². The lowest BCUT2D eigenvalue weighted by Gasteiger charge is -2.41. The molecule has 2 unspecified atom stereocenters. The molecule has 1 aromatic rings. The molecule has 0 saturated heterocycles. The van der Waals surface area contributed by atoms with Crippen LogP contribution < -0.4 is 5.73 Å². The molecule has 1 aromatic carbocycles. The van der Waals surface area contributed by atoms with Crippen LogP contribution in [-0.2, 0) is 6.42 Å². The lowest BCUT2D eigenvalue weighted by Crippen LogP contribution is -2.49. The maximum atomic E-state index is 6.44. The second-order valence-electron chi connectivity index (χ2n) is 6.14. The molecule has 0 heterocycles. The molecule has 108 valence electrons. The third-order valence-electron chi connectivity index (χ3n) is 4.72. The van der Waals surface area contributed by atoms with Gasteiger partial charge in [0.15, 0.2) is 0 Å². The molecule has 0 aliphatic rings. The molecular weight excluding hydrogens is 232 g/mol. The van der Waals surface area contributed by atoms with E-state index in [1.807, 2.05) is 0 Å². The van der Waals surface area contributed by atoms with E-state index in [9.17, 15) is 0 Å². The Morgan fingerprint density at radius 2 is 1.68 bits per heavy atom. The van der Waals surface area contributed by atoms with E-state index in [4.69, 9.17) is 5.73 Å². The number of aryl methyl sites for hydroxylation is 1. The predicted octanol–water partition coefficient (Wildman–Crippen LogP) is 3.76. The summed E-state index contributed by atoms with van der Waals surface area (Å²) in [5.41, 5.74) is 9.21. The number of nitrogens with zero attached hydrogens (tertiary/aromatic N) is 1. The van der Waals surface area contributed by atoms with Crippen molar-refractivity contribution < 1.29 is 0 Å². The van der Waals surface area contributed by atoms with Crippen molar-refractivity contribution in [1.82, 2.24) is 4.90 Å². The van der Waals surface area contributed by atoms with Crippen LogP contribution >= 0.6 is 0 Å². The molecule has 0 aromatic heterocycles. The average molecular weight is 262 g/mol. The first-order chi connectivity index (χ1) is 8.83. The summed E-state index contributed by atoms with van der Waals surface area (Å²) >= 11 is 0. The molecule has 0 amide bonds. The molecule has 1 rings (SSSR count). The van der Waals surface area contributed by atoms with Gasteiger partial charge in [-0.25, -0.2) is 0 Å². The van der Waals surface area contributed by atoms with Gasteiger partial charge in [0.05, 0.1) is 0 Å². The Morgan fingerprint density at radius 1 is 1.16 bits per heavy atom. The third kappa shape index (κ3) is 3.80. The molecule has 0 spiro atoms. The highest BCUT2D eigenvalue weighted by Crippen LogP contribution is 2.25. The van der Waals surface area contributed by atoms with Gasteiger partial charge < -0.3 is 5.73 Å². The van der Waals surface area contributed by atoms with E-state index < -0.39 is 0 Å². The second kappa shape index (κ2) is 6.53. The normalized spacial score (nSPS) is 15.6. The summed E-state index contributed by atoms with van der Waals surface area (Å²) in [5, 5.41) is 0. The molecule has 2 heteroatoms. The van der Waals surface area contributed by atoms with Crippen LogP contribution in [0.1, 0.15) is 58.2 Å². The maximum absolute atomic E-state index is 6.44. The Kier molecular flexibility index (Phi) is 5.57. The Morgan fingerprint density at radius 3 is 2.11 bits per heavy atom. The molecule has 2 N–H and O–H groups in total. The fourth-order valence-electron chi connectivity index (χ4n) is 2.30. The molecule has 0 aliphatic carbocycles. The highest BCUT2D eigenvalue weighted by atomic mass is 15.2. The monoisotopic (exact) mass is 262 g/mol. The molecular formula is C17H30N2. The van der Waals surface area contributed by atoms with E-state index in [-0.39, 0.29) is 11.6 Å². The zero-order valence-electron chi connectivity index (χ0n) is 13.4. The number of rotatable bonds is 6. The summed E-state index contributed by atoms with van der Waals surface area (Å²) in [6.07, 6.45) is 2.20. The summed E-state index contributed by atoms with van der Waals surface area (Å²) in [6, 6.07) is 9.10. The van der Waals surface area contributed by atoms with Gasteiger partial charge in [0, 0.05) is 17.6 Å². The van der Waals surface area contributed by atoms with E-state index in [0.717, 1.165) is 12.8 Å². The van der Waals surface area contributed by atoms with Crippen LogP contribution in [0, 0.1) is 0 Å². The Balaban J connectivity index is 2.83. The minimum absolute atomic E-state index is 0.0572. The molecule has 0 saturated carbocycles. The number of hydrogen-bond donors (Lipinski definition) is 1. The Bertz CT molecular complexity index is 381. The van der Waals surface area contributed by atoms with Gasteiger partial charge in [-0.2, -0.15) is 0 Å². The van der Waals surface area contributed by atoms with Crippen molar-refractivity contribution in [3.8, 4) is 0 Å². The third-order valence-corrected chi connectivity index (χ3v) is 4.72. The zero-order valence-corrected chi connectivity index (χ0v) is 13.4. The van der Waals surface area contributed by atoms with Crippen molar-refractivity contribution in [2.24, 2.45) is 5.73 Å². The highest BCUT2D eigenvalue weighted by Gasteiger charge is 2.29. The van der Waals surface area contributed by atoms with E-state index in [1.165, 1.54) is 11.1 Å². The largest absolute Gasteiger partial charge is 0.323 e. The van der Waals surface area contributed by atoms with Gasteiger partial charge in [-0.3, -0.25) is 4.90 Å². The van der Waals surface area contributed by atoms with E-state index in [1.54, 1.807) is 0 Å². The Hall–Kier alpha value is -0.860. The first-order valence-corrected chi connectivity index (χ1v) is 7.40. The minimum Gasteiger partial charge on any atom is -0.323 e. The van der Waals surface area contributed by atoms with E-state index in [0.29, 0.717) is 6.04 Å². The maximum Gasteiger partial charge on any atom is 0.0450 e. The quantitative estimate of drug-likeness (QED) is 0.846. The fourth-order valence-corrected chi connectivity index (χ4v) is 2.30. The van der Waals surface area contributed by atoms with Gasteiger partial charge in [0.25, 0.3) is 0 Å². The van der Waals surface area contributed by atoms with E-state index in [2.05, 4.69) is 70.8 Å². The van der Waals surface area contributed by atoms with Crippen molar-refractivity contribution in [3.63, 3.8) is 0 Å². The molecule has 0 bridgehead atoms. The second-order valence-corrected chi connectivity index (χ2v) is 6.14. The smallest absolute Gasteiger partial charge is 0.0450 e. The predicted molar refractivity (Wildman–Crippen MR) is 84.3 cm³/mol. The number of nitrogens with two attached hydrogens (primary N) is 1. The summed E-state index contributed by atoms with van der Waals surface area (Å²) < 4.78 is 0. The Labute approximate surface area is 119 Å². The summed E-state index contributed by atoms with van der Waals surface area (Å²) in [5.74, 6) is 0. The van der Waals surface area contributed by atoms with Crippen LogP contribution in [-0.4, -0.2) is 23.5 Å². The molecule has 0 radical (unpaired) electrons. The van der Waals surface area contributed by atoms with Crippen molar-refractivity contribution in [1.29, 1.82) is 0 Å². The van der Waals surface area contributed by atoms with Crippen LogP contribution in [0.25, 0.3) is 0 Å². The molecule has 0 aliphatic heterocycles. The number of hydrogen-bond acceptors (Lipinski definition) is 2. The van der Waals surface area contributed by atoms with Crippen molar-refractivity contribution in [3.05, 3.63) is 35.4 Å². The van der Waals surface area contributed by atoms with Crippen molar-refractivity contribution in [2.45, 2.75) is 65.1 Å². The van der Waals surface area contributed by atoms with Crippen LogP contribution in [0.15, 0.2) is 24.3 Å². The number of benzene rings is 1. The van der Waals surface area contributed by atoms with Gasteiger partial charge in [-0.1, -0.05) is 38.1 Å². The zero-order chi connectivity index (χ0) is 14.6. The average Bonchev–Trinajstić information content (AvgIpc) is 2.44. The van der Waals surface area contributed by atoms with Crippen LogP contribution in [0.3, 0.4) is 0 Å². The van der Waals surface area contributed by atoms with Gasteiger partial charge in [-0.15, -0.1) is 0 Å². The molecule has 2 atom stereocenters. The first kappa shape index (κ1) is 16.2. The SMILES string of the molecule is CCc1ccc(C(N)C(C)N(C)C(C)(C)CC)cc1. The fraction of sp³-hybridized carbons (Fsp3) is 0.647. The van der Waals surface area contributed by atoms with Crippen molar-refractivity contribution in [2.75, 3.05) is 7.05 Å². The van der Waals surface area contributed by atoms with E-state index >= 15 is 0 Å².